The van der Waals surface area contributed by atoms with Crippen LogP contribution in [0.1, 0.15) is 12.5 Å². The zero-order valence-electron chi connectivity index (χ0n) is 11.7. The van der Waals surface area contributed by atoms with E-state index in [0.29, 0.717) is 11.5 Å². The highest BCUT2D eigenvalue weighted by molar-refractivity contribution is 6.17. The largest absolute Gasteiger partial charge is 0.492 e. The standard InChI is InChI=1S/C16H15BO4/c1-16(17)7-6-13-14(21-19-9-8-18)10-11-4-2-3-5-12(11)15(13)20-16/h2-7,10,18H,8-9H2,1H3. The van der Waals surface area contributed by atoms with Gasteiger partial charge in [0.15, 0.2) is 5.75 Å². The summed E-state index contributed by atoms with van der Waals surface area (Å²) in [6.45, 7) is 1.78. The smallest absolute Gasteiger partial charge is 0.176 e. The lowest BCUT2D eigenvalue weighted by atomic mass is 9.81. The Labute approximate surface area is 124 Å². The molecule has 0 amide bonds. The molecule has 21 heavy (non-hydrogen) atoms. The third-order valence-electron chi connectivity index (χ3n) is 3.23. The Balaban J connectivity index is 2.12. The normalized spacial score (nSPS) is 20.1. The third-order valence-corrected chi connectivity index (χ3v) is 3.23. The first kappa shape index (κ1) is 14.0. The number of rotatable bonds is 4. The van der Waals surface area contributed by atoms with E-state index < -0.39 is 5.50 Å². The van der Waals surface area contributed by atoms with Crippen molar-refractivity contribution in [2.45, 2.75) is 12.4 Å². The molecule has 5 heteroatoms. The Bertz CT molecular complexity index is 694. The molecule has 1 aliphatic heterocycles. The van der Waals surface area contributed by atoms with Gasteiger partial charge in [0.2, 0.25) is 0 Å². The Morgan fingerprint density at radius 1 is 1.33 bits per heavy atom. The van der Waals surface area contributed by atoms with Gasteiger partial charge in [-0.15, -0.1) is 0 Å². The molecule has 0 aliphatic carbocycles. The summed E-state index contributed by atoms with van der Waals surface area (Å²) in [5, 5.41) is 10.7. The maximum Gasteiger partial charge on any atom is 0.176 e. The second-order valence-electron chi connectivity index (χ2n) is 5.09. The van der Waals surface area contributed by atoms with Gasteiger partial charge >= 0.3 is 0 Å². The molecule has 0 saturated carbocycles. The monoisotopic (exact) mass is 282 g/mol. The van der Waals surface area contributed by atoms with E-state index in [0.717, 1.165) is 16.3 Å². The van der Waals surface area contributed by atoms with E-state index in [4.69, 9.17) is 27.5 Å². The van der Waals surface area contributed by atoms with E-state index in [1.807, 2.05) is 36.4 Å². The number of ether oxygens (including phenoxy) is 1. The Morgan fingerprint density at radius 3 is 2.95 bits per heavy atom. The van der Waals surface area contributed by atoms with Crippen LogP contribution in [0.15, 0.2) is 36.4 Å². The number of fused-ring (bicyclic) bond motifs is 3. The van der Waals surface area contributed by atoms with Crippen molar-refractivity contribution in [1.82, 2.24) is 0 Å². The number of aliphatic hydroxyl groups excluding tert-OH is 1. The molecule has 2 aromatic carbocycles. The Hall–Kier alpha value is -1.98. The fourth-order valence-corrected chi connectivity index (χ4v) is 2.29. The predicted octanol–water partition coefficient (Wildman–Crippen LogP) is 2.43. The van der Waals surface area contributed by atoms with E-state index in [1.165, 1.54) is 0 Å². The van der Waals surface area contributed by atoms with Gasteiger partial charge in [-0.3, -0.25) is 0 Å². The van der Waals surface area contributed by atoms with Gasteiger partial charge in [0.1, 0.15) is 20.2 Å². The van der Waals surface area contributed by atoms with Crippen molar-refractivity contribution in [2.75, 3.05) is 13.2 Å². The molecule has 1 unspecified atom stereocenters. The van der Waals surface area contributed by atoms with E-state index >= 15 is 0 Å². The van der Waals surface area contributed by atoms with E-state index in [9.17, 15) is 0 Å². The summed E-state index contributed by atoms with van der Waals surface area (Å²) in [4.78, 5) is 10.3. The summed E-state index contributed by atoms with van der Waals surface area (Å²) >= 11 is 0. The van der Waals surface area contributed by atoms with Crippen LogP contribution >= 0.6 is 0 Å². The topological polar surface area (TPSA) is 47.9 Å². The molecule has 106 valence electrons. The van der Waals surface area contributed by atoms with Gasteiger partial charge in [-0.1, -0.05) is 30.3 Å². The molecule has 0 saturated heterocycles. The Morgan fingerprint density at radius 2 is 2.14 bits per heavy atom. The molecular formula is C16H15BO4. The highest BCUT2D eigenvalue weighted by atomic mass is 17.2. The van der Waals surface area contributed by atoms with Gasteiger partial charge in [-0.05, 0) is 24.5 Å². The number of aliphatic hydroxyl groups is 1. The lowest BCUT2D eigenvalue weighted by molar-refractivity contribution is -0.212. The van der Waals surface area contributed by atoms with Crippen LogP contribution in [0.3, 0.4) is 0 Å². The van der Waals surface area contributed by atoms with Crippen molar-refractivity contribution in [3.63, 3.8) is 0 Å². The van der Waals surface area contributed by atoms with Gasteiger partial charge in [0.25, 0.3) is 0 Å². The molecule has 3 rings (SSSR count). The zero-order chi connectivity index (χ0) is 14.9. The van der Waals surface area contributed by atoms with Gasteiger partial charge in [-0.25, -0.2) is 0 Å². The van der Waals surface area contributed by atoms with Gasteiger partial charge < -0.3 is 14.7 Å². The molecule has 0 aromatic heterocycles. The minimum absolute atomic E-state index is 0.0980. The highest BCUT2D eigenvalue weighted by Crippen LogP contribution is 2.42. The van der Waals surface area contributed by atoms with Crippen molar-refractivity contribution in [3.05, 3.63) is 42.0 Å². The minimum Gasteiger partial charge on any atom is -0.492 e. The van der Waals surface area contributed by atoms with Crippen LogP contribution in [0.25, 0.3) is 16.8 Å². The van der Waals surface area contributed by atoms with E-state index in [1.54, 1.807) is 13.0 Å². The lowest BCUT2D eigenvalue weighted by Gasteiger charge is -2.30. The molecule has 0 bridgehead atoms. The van der Waals surface area contributed by atoms with E-state index in [2.05, 4.69) is 0 Å². The van der Waals surface area contributed by atoms with Crippen LogP contribution in [-0.2, 0) is 4.89 Å². The summed E-state index contributed by atoms with van der Waals surface area (Å²) in [7, 11) is 6.04. The molecule has 0 spiro atoms. The fraction of sp³-hybridized carbons (Fsp3) is 0.250. The number of hydrogen-bond acceptors (Lipinski definition) is 4. The van der Waals surface area contributed by atoms with Gasteiger partial charge in [-0.2, -0.15) is 4.89 Å². The number of benzene rings is 2. The van der Waals surface area contributed by atoms with Crippen molar-refractivity contribution in [2.24, 2.45) is 0 Å². The summed E-state index contributed by atoms with van der Waals surface area (Å²) in [5.74, 6) is 1.20. The summed E-state index contributed by atoms with van der Waals surface area (Å²) in [6.07, 6.45) is 3.63. The molecule has 0 fully saturated rings. The van der Waals surface area contributed by atoms with Crippen LogP contribution in [0.2, 0.25) is 0 Å². The first-order chi connectivity index (χ1) is 10.1. The average molecular weight is 282 g/mol. The molecule has 4 nitrogen and oxygen atoms in total. The summed E-state index contributed by atoms with van der Waals surface area (Å²) in [6, 6.07) is 9.69. The van der Waals surface area contributed by atoms with Crippen molar-refractivity contribution in [3.8, 4) is 11.5 Å². The van der Waals surface area contributed by atoms with E-state index in [-0.39, 0.29) is 13.2 Å². The van der Waals surface area contributed by atoms with Crippen LogP contribution in [0.5, 0.6) is 11.5 Å². The summed E-state index contributed by atoms with van der Waals surface area (Å²) in [5.41, 5.74) is -0.0880. The summed E-state index contributed by atoms with van der Waals surface area (Å²) < 4.78 is 5.89. The Kier molecular flexibility index (Phi) is 3.61. The van der Waals surface area contributed by atoms with Crippen molar-refractivity contribution >= 4 is 24.7 Å². The lowest BCUT2D eigenvalue weighted by Crippen LogP contribution is -2.32. The minimum atomic E-state index is -0.861. The zero-order valence-corrected chi connectivity index (χ0v) is 11.7. The first-order valence-electron chi connectivity index (χ1n) is 6.74. The first-order valence-corrected chi connectivity index (χ1v) is 6.74. The average Bonchev–Trinajstić information content (AvgIpc) is 2.46. The van der Waals surface area contributed by atoms with Crippen LogP contribution in [-0.4, -0.2) is 31.7 Å². The van der Waals surface area contributed by atoms with Crippen molar-refractivity contribution in [1.29, 1.82) is 0 Å². The molecule has 2 aromatic rings. The van der Waals surface area contributed by atoms with Crippen LogP contribution in [0, 0.1) is 0 Å². The maximum absolute atomic E-state index is 8.76. The molecule has 1 N–H and O–H groups in total. The molecule has 1 heterocycles. The molecule has 1 atom stereocenters. The van der Waals surface area contributed by atoms with Gasteiger partial charge in [0, 0.05) is 5.39 Å². The van der Waals surface area contributed by atoms with Crippen LogP contribution in [0.4, 0.5) is 0 Å². The highest BCUT2D eigenvalue weighted by Gasteiger charge is 2.25. The SMILES string of the molecule is [B]C1(C)C=Cc2c(OOCCO)cc3ccccc3c2O1. The second-order valence-corrected chi connectivity index (χ2v) is 5.09. The third kappa shape index (κ3) is 2.75. The molecule has 2 radical (unpaired) electrons. The maximum atomic E-state index is 8.76. The quantitative estimate of drug-likeness (QED) is 0.405. The predicted molar refractivity (Wildman–Crippen MR) is 81.4 cm³/mol. The fourth-order valence-electron chi connectivity index (χ4n) is 2.29. The van der Waals surface area contributed by atoms with Crippen LogP contribution < -0.4 is 9.62 Å². The van der Waals surface area contributed by atoms with Crippen molar-refractivity contribution < 1.29 is 19.6 Å². The number of hydrogen-bond donors (Lipinski definition) is 1. The second kappa shape index (κ2) is 5.43. The van der Waals surface area contributed by atoms with Gasteiger partial charge in [0.05, 0.1) is 17.7 Å². The molecule has 1 aliphatic rings. The molecular weight excluding hydrogens is 267 g/mol.